The molecule has 0 atom stereocenters. The van der Waals surface area contributed by atoms with Crippen LogP contribution in [-0.2, 0) is 21.2 Å². The number of thiocarbonyl (C=S) groups is 1. The molecule has 4 aliphatic carbocycles. The Kier molecular flexibility index (Phi) is 5.90. The predicted octanol–water partition coefficient (Wildman–Crippen LogP) is 3.93. The molecule has 1 aromatic carbocycles. The van der Waals surface area contributed by atoms with E-state index in [9.17, 15) is 13.2 Å². The second-order valence-electron chi connectivity index (χ2n) is 9.59. The molecular formula is C22H27N5O3S3. The third kappa shape index (κ3) is 4.63. The summed E-state index contributed by atoms with van der Waals surface area (Å²) in [6.45, 7) is 1.93. The molecule has 3 N–H and O–H groups in total. The molecule has 6 rings (SSSR count). The zero-order chi connectivity index (χ0) is 23.2. The smallest absolute Gasteiger partial charge is 0.263 e. The normalized spacial score (nSPS) is 27.8. The largest absolute Gasteiger partial charge is 0.332 e. The number of aryl methyl sites for hydroxylation is 1. The van der Waals surface area contributed by atoms with Gasteiger partial charge in [-0.1, -0.05) is 18.3 Å². The van der Waals surface area contributed by atoms with Gasteiger partial charge < -0.3 is 10.6 Å². The Labute approximate surface area is 203 Å². The van der Waals surface area contributed by atoms with Gasteiger partial charge in [0, 0.05) is 5.69 Å². The number of carbonyl (C=O) groups is 1. The summed E-state index contributed by atoms with van der Waals surface area (Å²) in [5.74, 6) is 2.08. The van der Waals surface area contributed by atoms with Crippen LogP contribution < -0.4 is 15.4 Å². The van der Waals surface area contributed by atoms with Gasteiger partial charge in [0.15, 0.2) is 5.11 Å². The minimum atomic E-state index is -3.77. The van der Waals surface area contributed by atoms with Crippen molar-refractivity contribution in [2.45, 2.75) is 56.8 Å². The lowest BCUT2D eigenvalue weighted by atomic mass is 9.49. The highest BCUT2D eigenvalue weighted by molar-refractivity contribution is 7.93. The Morgan fingerprint density at radius 3 is 2.24 bits per heavy atom. The third-order valence-corrected chi connectivity index (χ3v) is 9.83. The van der Waals surface area contributed by atoms with Gasteiger partial charge in [-0.3, -0.25) is 9.52 Å². The molecule has 0 aliphatic heterocycles. The number of amides is 1. The lowest BCUT2D eigenvalue weighted by Gasteiger charge is -2.55. The molecule has 11 heteroatoms. The summed E-state index contributed by atoms with van der Waals surface area (Å²) < 4.78 is 27.7. The van der Waals surface area contributed by atoms with E-state index in [1.165, 1.54) is 42.7 Å². The van der Waals surface area contributed by atoms with E-state index in [-0.39, 0.29) is 26.5 Å². The highest BCUT2D eigenvalue weighted by Crippen LogP contribution is 2.60. The number of carbonyl (C=O) groups excluding carboxylic acids is 1. The topological polar surface area (TPSA) is 113 Å². The number of hydrogen-bond donors (Lipinski definition) is 3. The molecule has 1 amide bonds. The van der Waals surface area contributed by atoms with Gasteiger partial charge in [-0.05, 0) is 99.2 Å². The molecule has 4 saturated carbocycles. The van der Waals surface area contributed by atoms with Crippen molar-refractivity contribution in [3.63, 3.8) is 0 Å². The van der Waals surface area contributed by atoms with Crippen molar-refractivity contribution >= 4 is 55.4 Å². The van der Waals surface area contributed by atoms with E-state index in [1.54, 1.807) is 12.1 Å². The molecule has 0 radical (unpaired) electrons. The predicted molar refractivity (Wildman–Crippen MR) is 132 cm³/mol. The molecule has 2 aromatic rings. The molecule has 176 valence electrons. The quantitative estimate of drug-likeness (QED) is 0.510. The average molecular weight is 506 g/mol. The monoisotopic (exact) mass is 505 g/mol. The number of aromatic nitrogens is 2. The van der Waals surface area contributed by atoms with Crippen molar-refractivity contribution in [1.29, 1.82) is 0 Å². The van der Waals surface area contributed by atoms with E-state index in [0.717, 1.165) is 24.3 Å². The minimum absolute atomic E-state index is 0.0333. The maximum atomic E-state index is 13.1. The lowest BCUT2D eigenvalue weighted by molar-refractivity contribution is -0.144. The van der Waals surface area contributed by atoms with Crippen molar-refractivity contribution in [3.05, 3.63) is 29.3 Å². The van der Waals surface area contributed by atoms with E-state index in [4.69, 9.17) is 12.2 Å². The highest BCUT2D eigenvalue weighted by atomic mass is 32.2. The summed E-state index contributed by atoms with van der Waals surface area (Å²) in [7, 11) is -3.77. The van der Waals surface area contributed by atoms with Crippen LogP contribution >= 0.6 is 23.6 Å². The number of nitrogens with zero attached hydrogens (tertiary/aromatic N) is 2. The van der Waals surface area contributed by atoms with Gasteiger partial charge in [0.1, 0.15) is 5.01 Å². The van der Waals surface area contributed by atoms with Crippen LogP contribution in [0.2, 0.25) is 0 Å². The van der Waals surface area contributed by atoms with Gasteiger partial charge in [-0.2, -0.15) is 0 Å². The minimum Gasteiger partial charge on any atom is -0.332 e. The second kappa shape index (κ2) is 8.59. The highest BCUT2D eigenvalue weighted by Gasteiger charge is 2.54. The zero-order valence-electron chi connectivity index (χ0n) is 18.3. The van der Waals surface area contributed by atoms with Gasteiger partial charge in [0.05, 0.1) is 10.3 Å². The summed E-state index contributed by atoms with van der Waals surface area (Å²) in [5.41, 5.74) is 0.334. The van der Waals surface area contributed by atoms with Crippen LogP contribution in [0, 0.1) is 23.2 Å². The molecule has 8 nitrogen and oxygen atoms in total. The average Bonchev–Trinajstić information content (AvgIpc) is 3.20. The molecule has 4 aliphatic rings. The van der Waals surface area contributed by atoms with Crippen LogP contribution in [0.1, 0.15) is 50.5 Å². The molecule has 4 bridgehead atoms. The van der Waals surface area contributed by atoms with Crippen LogP contribution in [0.4, 0.5) is 10.8 Å². The van der Waals surface area contributed by atoms with Crippen LogP contribution in [0.15, 0.2) is 29.2 Å². The van der Waals surface area contributed by atoms with Crippen molar-refractivity contribution in [3.8, 4) is 0 Å². The molecule has 0 spiro atoms. The first-order valence-corrected chi connectivity index (χ1v) is 14.0. The Morgan fingerprint density at radius 2 is 1.70 bits per heavy atom. The van der Waals surface area contributed by atoms with Gasteiger partial charge in [0.25, 0.3) is 10.0 Å². The van der Waals surface area contributed by atoms with Gasteiger partial charge >= 0.3 is 0 Å². The molecular weight excluding hydrogens is 478 g/mol. The van der Waals surface area contributed by atoms with Crippen LogP contribution in [0.5, 0.6) is 0 Å². The number of hydrogen-bond acceptors (Lipinski definition) is 7. The van der Waals surface area contributed by atoms with E-state index in [2.05, 4.69) is 25.6 Å². The molecule has 0 saturated heterocycles. The summed E-state index contributed by atoms with van der Waals surface area (Å²) in [6, 6.07) is 6.20. The third-order valence-electron chi connectivity index (χ3n) is 7.16. The molecule has 4 fully saturated rings. The number of benzene rings is 1. The summed E-state index contributed by atoms with van der Waals surface area (Å²) in [4.78, 5) is 13.2. The Balaban J connectivity index is 1.19. The standard InChI is InChI=1S/C22H27N5O3S3/c1-2-18-25-26-21(32-18)27-33(29,30)17-5-3-16(4-6-17)23-20(31)24-19(28)22-10-13-7-14(11-22)9-15(8-13)12-22/h3-6,13-15H,2,7-12H2,1H3,(H,26,27)(H2,23,24,28,31). The molecule has 33 heavy (non-hydrogen) atoms. The van der Waals surface area contributed by atoms with E-state index in [0.29, 0.717) is 29.9 Å². The van der Waals surface area contributed by atoms with Crippen molar-refractivity contribution in [2.24, 2.45) is 23.2 Å². The summed E-state index contributed by atoms with van der Waals surface area (Å²) in [6.07, 6.45) is 7.44. The van der Waals surface area contributed by atoms with E-state index >= 15 is 0 Å². The van der Waals surface area contributed by atoms with Crippen molar-refractivity contribution in [1.82, 2.24) is 15.5 Å². The first-order chi connectivity index (χ1) is 15.7. The Hall–Kier alpha value is -2.11. The maximum Gasteiger partial charge on any atom is 0.263 e. The zero-order valence-corrected chi connectivity index (χ0v) is 20.8. The number of nitrogens with one attached hydrogen (secondary N) is 3. The summed E-state index contributed by atoms with van der Waals surface area (Å²) >= 11 is 6.60. The maximum absolute atomic E-state index is 13.1. The van der Waals surface area contributed by atoms with Crippen molar-refractivity contribution in [2.75, 3.05) is 10.0 Å². The molecule has 0 unspecified atom stereocenters. The van der Waals surface area contributed by atoms with Gasteiger partial charge in [-0.15, -0.1) is 10.2 Å². The lowest BCUT2D eigenvalue weighted by Crippen LogP contribution is -2.55. The second-order valence-corrected chi connectivity index (χ2v) is 12.7. The molecule has 1 heterocycles. The van der Waals surface area contributed by atoms with Crippen LogP contribution in [-0.4, -0.2) is 29.6 Å². The number of anilines is 2. The van der Waals surface area contributed by atoms with Crippen LogP contribution in [0.3, 0.4) is 0 Å². The Bertz CT molecular complexity index is 1140. The van der Waals surface area contributed by atoms with Gasteiger partial charge in [-0.25, -0.2) is 8.42 Å². The van der Waals surface area contributed by atoms with Crippen molar-refractivity contribution < 1.29 is 13.2 Å². The van der Waals surface area contributed by atoms with E-state index in [1.807, 2.05) is 6.92 Å². The first kappa shape index (κ1) is 22.7. The number of rotatable bonds is 6. The fourth-order valence-corrected chi connectivity index (χ4v) is 8.24. The van der Waals surface area contributed by atoms with Crippen LogP contribution in [0.25, 0.3) is 0 Å². The first-order valence-electron chi connectivity index (χ1n) is 11.3. The van der Waals surface area contributed by atoms with Gasteiger partial charge in [0.2, 0.25) is 11.0 Å². The summed E-state index contributed by atoms with van der Waals surface area (Å²) in [5, 5.41) is 14.9. The fraction of sp³-hybridized carbons (Fsp3) is 0.545. The molecule has 1 aromatic heterocycles. The number of sulfonamides is 1. The van der Waals surface area contributed by atoms with E-state index < -0.39 is 10.0 Å². The Morgan fingerprint density at radius 1 is 1.09 bits per heavy atom. The fourth-order valence-electron chi connectivity index (χ4n) is 6.12. The SMILES string of the molecule is CCc1nnc(NS(=O)(=O)c2ccc(NC(=S)NC(=O)C34CC5CC(CC(C5)C3)C4)cc2)s1.